The van der Waals surface area contributed by atoms with Crippen LogP contribution < -0.4 is 9.64 Å². The van der Waals surface area contributed by atoms with Gasteiger partial charge in [-0.15, -0.1) is 11.6 Å². The lowest BCUT2D eigenvalue weighted by molar-refractivity contribution is 0.415. The normalized spacial score (nSPS) is 10.3. The lowest BCUT2D eigenvalue weighted by Crippen LogP contribution is -2.12. The second kappa shape index (κ2) is 5.93. The van der Waals surface area contributed by atoms with Gasteiger partial charge < -0.3 is 9.64 Å². The molecule has 0 fully saturated rings. The van der Waals surface area contributed by atoms with Gasteiger partial charge in [-0.2, -0.15) is 0 Å². The van der Waals surface area contributed by atoms with Crippen molar-refractivity contribution in [3.8, 4) is 5.75 Å². The highest BCUT2D eigenvalue weighted by Crippen LogP contribution is 2.33. The van der Waals surface area contributed by atoms with Crippen molar-refractivity contribution in [1.82, 2.24) is 0 Å². The molecule has 0 bridgehead atoms. The topological polar surface area (TPSA) is 12.5 Å². The number of methoxy groups -OCH3 is 1. The molecule has 0 radical (unpaired) electrons. The van der Waals surface area contributed by atoms with E-state index in [0.29, 0.717) is 17.3 Å². The minimum Gasteiger partial charge on any atom is -0.495 e. The Kier molecular flexibility index (Phi) is 4.27. The van der Waals surface area contributed by atoms with Crippen LogP contribution in [0.1, 0.15) is 5.56 Å². The Morgan fingerprint density at radius 1 is 1.16 bits per heavy atom. The third-order valence-corrected chi connectivity index (χ3v) is 3.28. The van der Waals surface area contributed by atoms with Crippen molar-refractivity contribution in [2.45, 2.75) is 5.88 Å². The average molecular weight is 280 g/mol. The molecule has 0 atom stereocenters. The number of anilines is 2. The molecule has 0 aliphatic heterocycles. The summed E-state index contributed by atoms with van der Waals surface area (Å²) in [5, 5.41) is 0. The number of hydrogen-bond donors (Lipinski definition) is 0. The largest absolute Gasteiger partial charge is 0.495 e. The molecule has 0 spiro atoms. The van der Waals surface area contributed by atoms with E-state index in [1.165, 1.54) is 6.07 Å². The lowest BCUT2D eigenvalue weighted by Gasteiger charge is -2.22. The Hall–Kier alpha value is -1.74. The highest BCUT2D eigenvalue weighted by molar-refractivity contribution is 6.17. The van der Waals surface area contributed by atoms with E-state index in [1.54, 1.807) is 25.1 Å². The van der Waals surface area contributed by atoms with E-state index in [9.17, 15) is 4.39 Å². The van der Waals surface area contributed by atoms with Crippen molar-refractivity contribution in [2.75, 3.05) is 19.1 Å². The molecule has 2 aromatic rings. The Morgan fingerprint density at radius 3 is 2.53 bits per heavy atom. The zero-order valence-electron chi connectivity index (χ0n) is 10.9. The van der Waals surface area contributed by atoms with Gasteiger partial charge in [-0.1, -0.05) is 18.2 Å². The highest BCUT2D eigenvalue weighted by atomic mass is 35.5. The molecule has 2 aromatic carbocycles. The Bertz CT molecular complexity index is 574. The summed E-state index contributed by atoms with van der Waals surface area (Å²) < 4.78 is 19.4. The van der Waals surface area contributed by atoms with Crippen LogP contribution in [0.25, 0.3) is 0 Å². The van der Waals surface area contributed by atoms with Crippen LogP contribution in [0.2, 0.25) is 0 Å². The maximum absolute atomic E-state index is 14.1. The fourth-order valence-corrected chi connectivity index (χ4v) is 2.11. The van der Waals surface area contributed by atoms with E-state index < -0.39 is 0 Å². The summed E-state index contributed by atoms with van der Waals surface area (Å²) in [4.78, 5) is 1.76. The summed E-state index contributed by atoms with van der Waals surface area (Å²) in [6, 6.07) is 12.5. The van der Waals surface area contributed by atoms with Crippen molar-refractivity contribution < 1.29 is 9.13 Å². The molecular formula is C15H15ClFNO. The molecule has 0 heterocycles. The molecule has 2 nitrogen and oxygen atoms in total. The van der Waals surface area contributed by atoms with Crippen LogP contribution in [-0.4, -0.2) is 14.2 Å². The second-order valence-corrected chi connectivity index (χ2v) is 4.42. The molecule has 0 saturated heterocycles. The van der Waals surface area contributed by atoms with Crippen LogP contribution in [0.3, 0.4) is 0 Å². The van der Waals surface area contributed by atoms with E-state index in [-0.39, 0.29) is 5.82 Å². The molecule has 0 aliphatic carbocycles. The molecular weight excluding hydrogens is 265 g/mol. The standard InChI is InChI=1S/C15H15ClFNO/c1-18(14-5-3-4-6-15(14)19-2)13-8-7-11(10-16)9-12(13)17/h3-9H,10H2,1-2H3. The van der Waals surface area contributed by atoms with Crippen LogP contribution in [0.4, 0.5) is 15.8 Å². The van der Waals surface area contributed by atoms with Gasteiger partial charge in [0.05, 0.1) is 18.5 Å². The second-order valence-electron chi connectivity index (χ2n) is 4.15. The Morgan fingerprint density at radius 2 is 1.89 bits per heavy atom. The number of para-hydroxylation sites is 2. The van der Waals surface area contributed by atoms with E-state index >= 15 is 0 Å². The molecule has 0 unspecified atom stereocenters. The predicted octanol–water partition coefficient (Wildman–Crippen LogP) is 4.34. The molecule has 0 amide bonds. The van der Waals surface area contributed by atoms with Gasteiger partial charge in [0.15, 0.2) is 0 Å². The van der Waals surface area contributed by atoms with Crippen LogP contribution >= 0.6 is 11.6 Å². The first-order valence-electron chi connectivity index (χ1n) is 5.88. The first-order chi connectivity index (χ1) is 9.17. The highest BCUT2D eigenvalue weighted by Gasteiger charge is 2.13. The molecule has 0 aliphatic rings. The monoisotopic (exact) mass is 279 g/mol. The third kappa shape index (κ3) is 2.82. The van der Waals surface area contributed by atoms with E-state index in [0.717, 1.165) is 11.3 Å². The zero-order chi connectivity index (χ0) is 13.8. The number of ether oxygens (including phenoxy) is 1. The summed E-state index contributed by atoms with van der Waals surface area (Å²) in [5.74, 6) is 0.702. The number of benzene rings is 2. The molecule has 19 heavy (non-hydrogen) atoms. The van der Waals surface area contributed by atoms with Gasteiger partial charge in [-0.05, 0) is 29.8 Å². The molecule has 0 saturated carbocycles. The van der Waals surface area contributed by atoms with Gasteiger partial charge in [-0.3, -0.25) is 0 Å². The number of rotatable bonds is 4. The fraction of sp³-hybridized carbons (Fsp3) is 0.200. The number of hydrogen-bond acceptors (Lipinski definition) is 2. The Balaban J connectivity index is 2.41. The summed E-state index contributed by atoms with van der Waals surface area (Å²) in [7, 11) is 3.40. The molecule has 4 heteroatoms. The summed E-state index contributed by atoms with van der Waals surface area (Å²) in [6.07, 6.45) is 0. The summed E-state index contributed by atoms with van der Waals surface area (Å²) in [6.45, 7) is 0. The third-order valence-electron chi connectivity index (χ3n) is 2.97. The minimum atomic E-state index is -0.299. The molecule has 100 valence electrons. The van der Waals surface area contributed by atoms with E-state index in [4.69, 9.17) is 16.3 Å². The Labute approximate surface area is 117 Å². The van der Waals surface area contributed by atoms with Crippen LogP contribution in [0.15, 0.2) is 42.5 Å². The molecule has 0 N–H and O–H groups in total. The number of nitrogens with zero attached hydrogens (tertiary/aromatic N) is 1. The first-order valence-corrected chi connectivity index (χ1v) is 6.42. The first kappa shape index (κ1) is 13.7. The summed E-state index contributed by atoms with van der Waals surface area (Å²) >= 11 is 5.70. The van der Waals surface area contributed by atoms with Gasteiger partial charge in [-0.25, -0.2) is 4.39 Å². The maximum Gasteiger partial charge on any atom is 0.147 e. The van der Waals surface area contributed by atoms with Crippen molar-refractivity contribution in [3.05, 3.63) is 53.8 Å². The van der Waals surface area contributed by atoms with Gasteiger partial charge in [0.25, 0.3) is 0 Å². The molecule has 2 rings (SSSR count). The average Bonchev–Trinajstić information content (AvgIpc) is 2.46. The van der Waals surface area contributed by atoms with Crippen molar-refractivity contribution in [1.29, 1.82) is 0 Å². The number of alkyl halides is 1. The van der Waals surface area contributed by atoms with Crippen molar-refractivity contribution in [3.63, 3.8) is 0 Å². The minimum absolute atomic E-state index is 0.299. The van der Waals surface area contributed by atoms with Crippen LogP contribution in [-0.2, 0) is 5.88 Å². The van der Waals surface area contributed by atoms with Crippen LogP contribution in [0.5, 0.6) is 5.75 Å². The van der Waals surface area contributed by atoms with E-state index in [2.05, 4.69) is 0 Å². The van der Waals surface area contributed by atoms with E-state index in [1.807, 2.05) is 30.3 Å². The van der Waals surface area contributed by atoms with Crippen molar-refractivity contribution in [2.24, 2.45) is 0 Å². The maximum atomic E-state index is 14.1. The predicted molar refractivity (Wildman–Crippen MR) is 77.0 cm³/mol. The quantitative estimate of drug-likeness (QED) is 0.772. The summed E-state index contributed by atoms with van der Waals surface area (Å²) in [5.41, 5.74) is 2.05. The van der Waals surface area contributed by atoms with Crippen molar-refractivity contribution >= 4 is 23.0 Å². The zero-order valence-corrected chi connectivity index (χ0v) is 11.6. The smallest absolute Gasteiger partial charge is 0.147 e. The number of halogens is 2. The fourth-order valence-electron chi connectivity index (χ4n) is 1.94. The van der Waals surface area contributed by atoms with Crippen LogP contribution in [0, 0.1) is 5.82 Å². The van der Waals surface area contributed by atoms with Gasteiger partial charge >= 0.3 is 0 Å². The van der Waals surface area contributed by atoms with Gasteiger partial charge in [0, 0.05) is 12.9 Å². The SMILES string of the molecule is COc1ccccc1N(C)c1ccc(CCl)cc1F. The molecule has 0 aromatic heterocycles. The van der Waals surface area contributed by atoms with Gasteiger partial charge in [0.1, 0.15) is 11.6 Å². The lowest BCUT2D eigenvalue weighted by atomic mass is 10.2. The van der Waals surface area contributed by atoms with Gasteiger partial charge in [0.2, 0.25) is 0 Å².